The molecule has 0 bridgehead atoms. The van der Waals surface area contributed by atoms with Gasteiger partial charge >= 0.3 is 0 Å². The van der Waals surface area contributed by atoms with Crippen molar-refractivity contribution in [3.05, 3.63) is 68.9 Å². The number of hydrogen-bond acceptors (Lipinski definition) is 6. The van der Waals surface area contributed by atoms with Gasteiger partial charge in [-0.3, -0.25) is 9.59 Å². The molecule has 1 aromatic carbocycles. The van der Waals surface area contributed by atoms with Crippen LogP contribution in [0.5, 0.6) is 11.5 Å². The van der Waals surface area contributed by atoms with Crippen LogP contribution in [0.4, 0.5) is 8.78 Å². The van der Waals surface area contributed by atoms with E-state index in [2.05, 4.69) is 22.2 Å². The summed E-state index contributed by atoms with van der Waals surface area (Å²) < 4.78 is 41.6. The summed E-state index contributed by atoms with van der Waals surface area (Å²) in [5.74, 6) is -2.03. The Labute approximate surface area is 236 Å². The van der Waals surface area contributed by atoms with Gasteiger partial charge in [0, 0.05) is 57.8 Å². The van der Waals surface area contributed by atoms with Crippen LogP contribution in [0, 0.1) is 37.6 Å². The molecule has 0 spiro atoms. The monoisotopic (exact) mass is 569 g/mol. The van der Waals surface area contributed by atoms with Crippen LogP contribution < -0.4 is 20.3 Å². The highest BCUT2D eigenvalue weighted by atomic mass is 32.2. The molecule has 1 saturated carbocycles. The minimum atomic E-state index is -1.02. The summed E-state index contributed by atoms with van der Waals surface area (Å²) in [6.45, 7) is 7.66. The van der Waals surface area contributed by atoms with Gasteiger partial charge in [0.05, 0.1) is 0 Å². The Morgan fingerprint density at radius 1 is 1.12 bits per heavy atom. The first-order chi connectivity index (χ1) is 19.0. The van der Waals surface area contributed by atoms with E-state index in [0.29, 0.717) is 28.5 Å². The van der Waals surface area contributed by atoms with E-state index >= 15 is 0 Å². The number of amides is 1. The summed E-state index contributed by atoms with van der Waals surface area (Å²) in [6, 6.07) is 5.72. The zero-order valence-corrected chi connectivity index (χ0v) is 24.1. The number of fused-ring (bicyclic) bond motifs is 1. The van der Waals surface area contributed by atoms with E-state index < -0.39 is 23.6 Å². The van der Waals surface area contributed by atoms with Gasteiger partial charge in [-0.05, 0) is 63.1 Å². The van der Waals surface area contributed by atoms with Crippen molar-refractivity contribution in [3.63, 3.8) is 0 Å². The lowest BCUT2D eigenvalue weighted by molar-refractivity contribution is -0.122. The average Bonchev–Trinajstić information content (AvgIpc) is 3.28. The molecule has 3 heterocycles. The number of H-pyrrole nitrogens is 1. The molecule has 2 N–H and O–H groups in total. The predicted octanol–water partition coefficient (Wildman–Crippen LogP) is 6.30. The van der Waals surface area contributed by atoms with Gasteiger partial charge in [-0.25, -0.2) is 0 Å². The summed E-state index contributed by atoms with van der Waals surface area (Å²) in [5.41, 5.74) is 1.91. The number of hydrogen-bond donors (Lipinski definition) is 2. The second-order valence-electron chi connectivity index (χ2n) is 10.9. The molecule has 40 heavy (non-hydrogen) atoms. The number of pyridine rings is 2. The van der Waals surface area contributed by atoms with E-state index in [1.165, 1.54) is 23.9 Å². The molecule has 1 atom stereocenters. The Balaban J connectivity index is 1.54. The van der Waals surface area contributed by atoms with Gasteiger partial charge in [0.1, 0.15) is 0 Å². The first kappa shape index (κ1) is 28.1. The van der Waals surface area contributed by atoms with Gasteiger partial charge in [0.2, 0.25) is 11.9 Å². The van der Waals surface area contributed by atoms with Gasteiger partial charge in [0.25, 0.3) is 17.3 Å². The average molecular weight is 570 g/mol. The number of carbonyl (C=O) groups excluding carboxylic acids is 1. The lowest BCUT2D eigenvalue weighted by Crippen LogP contribution is -2.44. The first-order valence-electron chi connectivity index (χ1n) is 13.4. The van der Waals surface area contributed by atoms with Crippen LogP contribution in [0.1, 0.15) is 66.7 Å². The number of nitrogens with one attached hydrogen (secondary N) is 2. The molecule has 10 heteroatoms. The van der Waals surface area contributed by atoms with Crippen molar-refractivity contribution < 1.29 is 23.0 Å². The van der Waals surface area contributed by atoms with E-state index in [4.69, 9.17) is 9.47 Å². The topological polar surface area (TPSA) is 93.3 Å². The molecule has 212 valence electrons. The zero-order chi connectivity index (χ0) is 28.8. The molecule has 1 unspecified atom stereocenters. The van der Waals surface area contributed by atoms with Crippen molar-refractivity contribution in [1.82, 2.24) is 15.3 Å². The number of nitrogens with zero attached hydrogens (tertiary/aromatic N) is 1. The standard InChI is InChI=1S/C30H33F2N3O4S/c1-15-6-8-18(9-7-15)30(4)38-25-17(3)20(13-21(26(25)39-30)19-10-11-24(31)35-27(19)32)28(36)33-14-22-23(40-5)12-16(2)34-29(22)37/h10-13,15,18H,6-9,14H2,1-5H3,(H,33,36)(H,34,37). The van der Waals surface area contributed by atoms with Crippen molar-refractivity contribution in [2.75, 3.05) is 6.26 Å². The minimum Gasteiger partial charge on any atom is -0.448 e. The molecule has 1 fully saturated rings. The van der Waals surface area contributed by atoms with Crippen molar-refractivity contribution in [3.8, 4) is 22.6 Å². The maximum atomic E-state index is 15.0. The minimum absolute atomic E-state index is 0.00171. The lowest BCUT2D eigenvalue weighted by atomic mass is 9.79. The second kappa shape index (κ2) is 10.9. The summed E-state index contributed by atoms with van der Waals surface area (Å²) in [6.07, 6.45) is 5.81. The van der Waals surface area contributed by atoms with Crippen LogP contribution in [-0.2, 0) is 6.54 Å². The maximum absolute atomic E-state index is 15.0. The number of rotatable bonds is 6. The smallest absolute Gasteiger partial charge is 0.254 e. The molecule has 5 rings (SSSR count). The van der Waals surface area contributed by atoms with E-state index in [-0.39, 0.29) is 34.7 Å². The fourth-order valence-corrected chi connectivity index (χ4v) is 6.39. The lowest BCUT2D eigenvalue weighted by Gasteiger charge is -2.36. The van der Waals surface area contributed by atoms with E-state index in [1.807, 2.05) is 19.2 Å². The summed E-state index contributed by atoms with van der Waals surface area (Å²) in [7, 11) is 0. The number of halogens is 2. The number of carbonyl (C=O) groups is 1. The summed E-state index contributed by atoms with van der Waals surface area (Å²) in [4.78, 5) is 33.0. The number of aryl methyl sites for hydroxylation is 1. The number of thioether (sulfide) groups is 1. The molecule has 0 radical (unpaired) electrons. The Morgan fingerprint density at radius 3 is 2.50 bits per heavy atom. The Kier molecular flexibility index (Phi) is 7.65. The van der Waals surface area contributed by atoms with Gasteiger partial charge in [0.15, 0.2) is 11.5 Å². The van der Waals surface area contributed by atoms with E-state index in [0.717, 1.165) is 42.3 Å². The van der Waals surface area contributed by atoms with Gasteiger partial charge < -0.3 is 19.8 Å². The van der Waals surface area contributed by atoms with Crippen molar-refractivity contribution >= 4 is 17.7 Å². The molecule has 1 aliphatic carbocycles. The van der Waals surface area contributed by atoms with Crippen LogP contribution in [0.3, 0.4) is 0 Å². The van der Waals surface area contributed by atoms with E-state index in [9.17, 15) is 18.4 Å². The van der Waals surface area contributed by atoms with Crippen LogP contribution in [0.25, 0.3) is 11.1 Å². The van der Waals surface area contributed by atoms with E-state index in [1.54, 1.807) is 13.8 Å². The molecular formula is C30H33F2N3O4S. The number of ether oxygens (including phenoxy) is 2. The maximum Gasteiger partial charge on any atom is 0.254 e. The molecule has 2 aromatic heterocycles. The highest BCUT2D eigenvalue weighted by Crippen LogP contribution is 2.53. The molecular weight excluding hydrogens is 536 g/mol. The van der Waals surface area contributed by atoms with Crippen LogP contribution in [0.15, 0.2) is 34.0 Å². The SMILES string of the molecule is CSc1cc(C)[nH]c(=O)c1CNC(=O)c1cc(-c2ccc(F)nc2F)c2c(c1C)OC(C)(C1CCC(C)CC1)O2. The third-order valence-corrected chi connectivity index (χ3v) is 8.88. The van der Waals surface area contributed by atoms with Crippen molar-refractivity contribution in [1.29, 1.82) is 0 Å². The van der Waals surface area contributed by atoms with Crippen LogP contribution >= 0.6 is 11.8 Å². The number of benzene rings is 1. The molecule has 0 saturated heterocycles. The first-order valence-corrected chi connectivity index (χ1v) is 14.7. The Hall–Kier alpha value is -3.40. The van der Waals surface area contributed by atoms with Crippen molar-refractivity contribution in [2.45, 2.75) is 70.6 Å². The molecule has 1 amide bonds. The third-order valence-electron chi connectivity index (χ3n) is 8.08. The quantitative estimate of drug-likeness (QED) is 0.267. The largest absolute Gasteiger partial charge is 0.448 e. The molecule has 1 aliphatic heterocycles. The number of aromatic amines is 1. The molecule has 7 nitrogen and oxygen atoms in total. The fourth-order valence-electron chi connectivity index (χ4n) is 5.68. The highest BCUT2D eigenvalue weighted by molar-refractivity contribution is 7.98. The van der Waals surface area contributed by atoms with Crippen molar-refractivity contribution in [2.24, 2.45) is 11.8 Å². The van der Waals surface area contributed by atoms with Gasteiger partial charge in [-0.2, -0.15) is 13.8 Å². The van der Waals surface area contributed by atoms with Gasteiger partial charge in [-0.15, -0.1) is 11.8 Å². The normalized spacial score (nSPS) is 21.9. The Morgan fingerprint density at radius 2 is 1.82 bits per heavy atom. The third kappa shape index (κ3) is 5.21. The molecule has 2 aliphatic rings. The predicted molar refractivity (Wildman–Crippen MR) is 150 cm³/mol. The summed E-state index contributed by atoms with van der Waals surface area (Å²) in [5, 5.41) is 2.84. The summed E-state index contributed by atoms with van der Waals surface area (Å²) >= 11 is 1.42. The second-order valence-corrected chi connectivity index (χ2v) is 11.8. The highest BCUT2D eigenvalue weighted by Gasteiger charge is 2.47. The molecule has 3 aromatic rings. The number of aromatic nitrogens is 2. The van der Waals surface area contributed by atoms with Gasteiger partial charge in [-0.1, -0.05) is 19.8 Å². The van der Waals surface area contributed by atoms with Crippen LogP contribution in [0.2, 0.25) is 0 Å². The Bertz CT molecular complexity index is 1530. The van der Waals surface area contributed by atoms with Crippen LogP contribution in [-0.4, -0.2) is 27.9 Å². The fraction of sp³-hybridized carbons (Fsp3) is 0.433. The zero-order valence-electron chi connectivity index (χ0n) is 23.2.